The van der Waals surface area contributed by atoms with E-state index in [1.165, 1.54) is 0 Å². The second-order valence-corrected chi connectivity index (χ2v) is 7.54. The van der Waals surface area contributed by atoms with Crippen LogP contribution in [-0.2, 0) is 4.79 Å². The van der Waals surface area contributed by atoms with E-state index in [-0.39, 0.29) is 11.8 Å². The van der Waals surface area contributed by atoms with Crippen LogP contribution in [0.2, 0.25) is 5.02 Å². The second-order valence-electron chi connectivity index (χ2n) is 7.13. The smallest absolute Gasteiger partial charge is 0.227 e. The Hall–Kier alpha value is -2.79. The van der Waals surface area contributed by atoms with Crippen molar-refractivity contribution in [3.63, 3.8) is 0 Å². The molecule has 1 aromatic carbocycles. The Labute approximate surface area is 170 Å². The highest BCUT2D eigenvalue weighted by atomic mass is 35.5. The second kappa shape index (κ2) is 8.07. The number of amides is 1. The molecule has 4 rings (SSSR count). The average molecular weight is 395 g/mol. The highest BCUT2D eigenvalue weighted by molar-refractivity contribution is 6.31. The molecule has 0 unspecified atom stereocenters. The summed E-state index contributed by atoms with van der Waals surface area (Å²) in [6.07, 6.45) is 7.51. The van der Waals surface area contributed by atoms with Crippen LogP contribution in [0.4, 0.5) is 11.5 Å². The number of nitrogens with zero attached hydrogens (tertiary/aromatic N) is 3. The lowest BCUT2D eigenvalue weighted by Gasteiger charge is -2.32. The van der Waals surface area contributed by atoms with Gasteiger partial charge in [0.2, 0.25) is 5.91 Å². The molecule has 1 amide bonds. The van der Waals surface area contributed by atoms with E-state index in [0.717, 1.165) is 48.7 Å². The number of benzene rings is 1. The molecule has 3 aromatic rings. The first-order valence-corrected chi connectivity index (χ1v) is 9.90. The van der Waals surface area contributed by atoms with E-state index in [4.69, 9.17) is 11.6 Å². The van der Waals surface area contributed by atoms with Crippen LogP contribution in [0.25, 0.3) is 5.69 Å². The molecule has 0 spiro atoms. The third-order valence-corrected chi connectivity index (χ3v) is 5.76. The summed E-state index contributed by atoms with van der Waals surface area (Å²) in [5.41, 5.74) is 2.74. The van der Waals surface area contributed by atoms with Crippen molar-refractivity contribution >= 4 is 29.0 Å². The third kappa shape index (κ3) is 3.90. The first-order chi connectivity index (χ1) is 13.6. The summed E-state index contributed by atoms with van der Waals surface area (Å²) in [7, 11) is 0. The van der Waals surface area contributed by atoms with Crippen molar-refractivity contribution in [2.24, 2.45) is 5.92 Å². The Kier molecular flexibility index (Phi) is 5.35. The van der Waals surface area contributed by atoms with Gasteiger partial charge in [-0.25, -0.2) is 4.98 Å². The summed E-state index contributed by atoms with van der Waals surface area (Å²) < 4.78 is 2.03. The first kappa shape index (κ1) is 18.6. The van der Waals surface area contributed by atoms with Gasteiger partial charge in [0.15, 0.2) is 0 Å². The first-order valence-electron chi connectivity index (χ1n) is 9.52. The summed E-state index contributed by atoms with van der Waals surface area (Å²) >= 11 is 6.15. The van der Waals surface area contributed by atoms with Gasteiger partial charge in [-0.1, -0.05) is 17.7 Å². The molecule has 1 N–H and O–H groups in total. The molecule has 6 heteroatoms. The molecule has 0 atom stereocenters. The lowest BCUT2D eigenvalue weighted by atomic mass is 9.95. The van der Waals surface area contributed by atoms with Gasteiger partial charge < -0.3 is 14.8 Å². The molecule has 5 nitrogen and oxygen atoms in total. The van der Waals surface area contributed by atoms with Crippen LogP contribution in [0.1, 0.15) is 18.4 Å². The van der Waals surface area contributed by atoms with E-state index in [9.17, 15) is 4.79 Å². The van der Waals surface area contributed by atoms with Crippen LogP contribution in [0.3, 0.4) is 0 Å². The van der Waals surface area contributed by atoms with Gasteiger partial charge in [-0.2, -0.15) is 0 Å². The van der Waals surface area contributed by atoms with E-state index in [0.29, 0.717) is 5.02 Å². The van der Waals surface area contributed by atoms with Crippen LogP contribution in [0, 0.1) is 12.8 Å². The SMILES string of the molecule is Cc1c(Cl)cccc1NC(=O)C1CCN(c2ccc(-n3cccc3)cn2)CC1. The molecule has 1 fully saturated rings. The maximum Gasteiger partial charge on any atom is 0.227 e. The van der Waals surface area contributed by atoms with E-state index < -0.39 is 0 Å². The van der Waals surface area contributed by atoms with Crippen molar-refractivity contribution in [3.8, 4) is 5.69 Å². The minimum atomic E-state index is 0.00813. The molecule has 0 aliphatic carbocycles. The fourth-order valence-corrected chi connectivity index (χ4v) is 3.75. The van der Waals surface area contributed by atoms with Crippen LogP contribution in [0.15, 0.2) is 61.1 Å². The van der Waals surface area contributed by atoms with Gasteiger partial charge in [0.25, 0.3) is 0 Å². The molecule has 2 aromatic heterocycles. The Morgan fingerprint density at radius 1 is 1.11 bits per heavy atom. The number of nitrogens with one attached hydrogen (secondary N) is 1. The minimum Gasteiger partial charge on any atom is -0.357 e. The molecule has 0 radical (unpaired) electrons. The summed E-state index contributed by atoms with van der Waals surface area (Å²) in [5, 5.41) is 3.71. The van der Waals surface area contributed by atoms with Crippen molar-refractivity contribution in [2.45, 2.75) is 19.8 Å². The number of aromatic nitrogens is 2. The van der Waals surface area contributed by atoms with Gasteiger partial charge in [0, 0.05) is 42.1 Å². The zero-order chi connectivity index (χ0) is 19.5. The predicted molar refractivity (Wildman–Crippen MR) is 113 cm³/mol. The molecule has 1 saturated heterocycles. The highest BCUT2D eigenvalue weighted by Crippen LogP contribution is 2.26. The fraction of sp³-hybridized carbons (Fsp3) is 0.273. The highest BCUT2D eigenvalue weighted by Gasteiger charge is 2.26. The molecular formula is C22H23ClN4O. The molecule has 144 valence electrons. The number of hydrogen-bond acceptors (Lipinski definition) is 3. The standard InChI is InChI=1S/C22H23ClN4O/c1-16-19(23)5-4-6-20(16)25-22(28)17-9-13-27(14-10-17)21-8-7-18(15-24-21)26-11-2-3-12-26/h2-8,11-12,15,17H,9-10,13-14H2,1H3,(H,25,28). The van der Waals surface area contributed by atoms with E-state index in [2.05, 4.69) is 21.3 Å². The maximum atomic E-state index is 12.7. The fourth-order valence-electron chi connectivity index (χ4n) is 3.57. The van der Waals surface area contributed by atoms with E-state index in [1.54, 1.807) is 0 Å². The van der Waals surface area contributed by atoms with Crippen LogP contribution < -0.4 is 10.2 Å². The minimum absolute atomic E-state index is 0.00813. The topological polar surface area (TPSA) is 50.2 Å². The molecule has 0 saturated carbocycles. The molecule has 1 aliphatic rings. The van der Waals surface area contributed by atoms with Gasteiger partial charge in [-0.3, -0.25) is 4.79 Å². The number of carbonyl (C=O) groups excluding carboxylic acids is 1. The quantitative estimate of drug-likeness (QED) is 0.698. The zero-order valence-corrected chi connectivity index (χ0v) is 16.6. The lowest BCUT2D eigenvalue weighted by molar-refractivity contribution is -0.120. The number of pyridine rings is 1. The number of anilines is 2. The van der Waals surface area contributed by atoms with Gasteiger partial charge in [-0.05, 0) is 61.7 Å². The Bertz CT molecular complexity index is 945. The van der Waals surface area contributed by atoms with Crippen LogP contribution >= 0.6 is 11.6 Å². The molecule has 1 aliphatic heterocycles. The number of rotatable bonds is 4. The monoisotopic (exact) mass is 394 g/mol. The summed E-state index contributed by atoms with van der Waals surface area (Å²) in [6, 6.07) is 13.7. The zero-order valence-electron chi connectivity index (χ0n) is 15.8. The molecule has 28 heavy (non-hydrogen) atoms. The van der Waals surface area contributed by atoms with Gasteiger partial charge in [0.05, 0.1) is 11.9 Å². The van der Waals surface area contributed by atoms with E-state index in [1.807, 2.05) is 66.5 Å². The van der Waals surface area contributed by atoms with Crippen molar-refractivity contribution in [3.05, 3.63) is 71.6 Å². The van der Waals surface area contributed by atoms with Crippen molar-refractivity contribution in [1.82, 2.24) is 9.55 Å². The molecular weight excluding hydrogens is 372 g/mol. The molecule has 3 heterocycles. The van der Waals surface area contributed by atoms with Gasteiger partial charge in [0.1, 0.15) is 5.82 Å². The average Bonchev–Trinajstić information content (AvgIpc) is 3.26. The number of hydrogen-bond donors (Lipinski definition) is 1. The summed E-state index contributed by atoms with van der Waals surface area (Å²) in [4.78, 5) is 19.5. The lowest BCUT2D eigenvalue weighted by Crippen LogP contribution is -2.38. The number of carbonyl (C=O) groups is 1. The normalized spacial score (nSPS) is 14.9. The van der Waals surface area contributed by atoms with Gasteiger partial charge in [-0.15, -0.1) is 0 Å². The van der Waals surface area contributed by atoms with Crippen molar-refractivity contribution in [2.75, 3.05) is 23.3 Å². The maximum absolute atomic E-state index is 12.7. The molecule has 0 bridgehead atoms. The third-order valence-electron chi connectivity index (χ3n) is 5.35. The number of piperidine rings is 1. The van der Waals surface area contributed by atoms with Crippen LogP contribution in [0.5, 0.6) is 0 Å². The predicted octanol–water partition coefficient (Wildman–Crippen LogP) is 4.69. The van der Waals surface area contributed by atoms with E-state index >= 15 is 0 Å². The largest absolute Gasteiger partial charge is 0.357 e. The van der Waals surface area contributed by atoms with Crippen molar-refractivity contribution in [1.29, 1.82) is 0 Å². The Morgan fingerprint density at radius 2 is 1.86 bits per heavy atom. The Balaban J connectivity index is 1.35. The van der Waals surface area contributed by atoms with Crippen molar-refractivity contribution < 1.29 is 4.79 Å². The number of halogens is 1. The van der Waals surface area contributed by atoms with Crippen LogP contribution in [-0.4, -0.2) is 28.5 Å². The summed E-state index contributed by atoms with van der Waals surface area (Å²) in [6.45, 7) is 3.56. The Morgan fingerprint density at radius 3 is 2.54 bits per heavy atom. The summed E-state index contributed by atoms with van der Waals surface area (Å²) in [5.74, 6) is 1.04. The van der Waals surface area contributed by atoms with Gasteiger partial charge >= 0.3 is 0 Å².